The molecule has 3 nitrogen and oxygen atoms in total. The first-order chi connectivity index (χ1) is 8.65. The molecule has 2 rings (SSSR count). The molecule has 0 atom stereocenters. The lowest BCUT2D eigenvalue weighted by Crippen LogP contribution is -2.37. The fourth-order valence-corrected chi connectivity index (χ4v) is 2.64. The van der Waals surface area contributed by atoms with Gasteiger partial charge in [-0.05, 0) is 63.6 Å². The highest BCUT2D eigenvalue weighted by atomic mass is 15.2. The van der Waals surface area contributed by atoms with Gasteiger partial charge in [0.2, 0.25) is 0 Å². The fourth-order valence-electron chi connectivity index (χ4n) is 2.64. The monoisotopic (exact) mass is 247 g/mol. The van der Waals surface area contributed by atoms with Crippen LogP contribution >= 0.6 is 0 Å². The van der Waals surface area contributed by atoms with E-state index in [1.807, 2.05) is 6.07 Å². The van der Waals surface area contributed by atoms with Gasteiger partial charge >= 0.3 is 0 Å². The maximum absolute atomic E-state index is 5.86. The van der Waals surface area contributed by atoms with Crippen LogP contribution in [-0.4, -0.2) is 50.1 Å². The van der Waals surface area contributed by atoms with Crippen LogP contribution in [0.4, 0.5) is 5.69 Å². The van der Waals surface area contributed by atoms with E-state index in [1.54, 1.807) is 0 Å². The maximum atomic E-state index is 5.86. The number of nitrogens with two attached hydrogens (primary N) is 1. The normalized spacial score (nSPS) is 18.4. The Hall–Kier alpha value is -1.06. The van der Waals surface area contributed by atoms with Crippen LogP contribution in [0.2, 0.25) is 0 Å². The third-order valence-electron chi connectivity index (χ3n) is 3.83. The lowest BCUT2D eigenvalue weighted by Gasteiger charge is -2.32. The summed E-state index contributed by atoms with van der Waals surface area (Å²) in [5.74, 6) is 0.698. The minimum atomic E-state index is 0.698. The summed E-state index contributed by atoms with van der Waals surface area (Å²) >= 11 is 0. The molecule has 0 radical (unpaired) electrons. The molecule has 1 aliphatic rings. The Bertz CT molecular complexity index is 368. The fraction of sp³-hybridized carbons (Fsp3) is 0.600. The average Bonchev–Trinajstić information content (AvgIpc) is 2.37. The molecule has 18 heavy (non-hydrogen) atoms. The van der Waals surface area contributed by atoms with Crippen molar-refractivity contribution in [2.45, 2.75) is 18.8 Å². The zero-order valence-corrected chi connectivity index (χ0v) is 11.6. The summed E-state index contributed by atoms with van der Waals surface area (Å²) in [6.45, 7) is 4.78. The standard InChI is InChI=1S/C15H25N3/c1-17(2)10-11-18-8-6-13(7-9-18)14-4-3-5-15(16)12-14/h3-5,12-13H,6-11,16H2,1-2H3. The number of nitrogen functional groups attached to an aromatic ring is 1. The molecule has 1 aliphatic heterocycles. The van der Waals surface area contributed by atoms with Crippen LogP contribution in [0, 0.1) is 0 Å². The Morgan fingerprint density at radius 1 is 1.28 bits per heavy atom. The first kappa shape index (κ1) is 13.4. The van der Waals surface area contributed by atoms with E-state index < -0.39 is 0 Å². The van der Waals surface area contributed by atoms with Crippen LogP contribution in [0.5, 0.6) is 0 Å². The molecule has 1 saturated heterocycles. The van der Waals surface area contributed by atoms with Crippen molar-refractivity contribution >= 4 is 5.69 Å². The first-order valence-electron chi connectivity index (χ1n) is 6.87. The van der Waals surface area contributed by atoms with Crippen molar-refractivity contribution in [2.75, 3.05) is 46.0 Å². The molecule has 0 amide bonds. The van der Waals surface area contributed by atoms with Crippen molar-refractivity contribution in [3.05, 3.63) is 29.8 Å². The zero-order chi connectivity index (χ0) is 13.0. The van der Waals surface area contributed by atoms with Gasteiger partial charge in [-0.1, -0.05) is 12.1 Å². The van der Waals surface area contributed by atoms with Gasteiger partial charge in [-0.15, -0.1) is 0 Å². The second-order valence-electron chi connectivity index (χ2n) is 5.59. The molecule has 3 heteroatoms. The van der Waals surface area contributed by atoms with Gasteiger partial charge in [0.25, 0.3) is 0 Å². The smallest absolute Gasteiger partial charge is 0.0316 e. The molecule has 1 fully saturated rings. The predicted molar refractivity (Wildman–Crippen MR) is 77.8 cm³/mol. The minimum Gasteiger partial charge on any atom is -0.399 e. The van der Waals surface area contributed by atoms with Crippen molar-refractivity contribution in [1.82, 2.24) is 9.80 Å². The minimum absolute atomic E-state index is 0.698. The highest BCUT2D eigenvalue weighted by Crippen LogP contribution is 2.28. The molecule has 1 aromatic carbocycles. The summed E-state index contributed by atoms with van der Waals surface area (Å²) in [6.07, 6.45) is 2.52. The molecule has 1 heterocycles. The van der Waals surface area contributed by atoms with Crippen LogP contribution in [0.25, 0.3) is 0 Å². The number of anilines is 1. The lowest BCUT2D eigenvalue weighted by molar-refractivity contribution is 0.194. The van der Waals surface area contributed by atoms with E-state index in [-0.39, 0.29) is 0 Å². The van der Waals surface area contributed by atoms with Gasteiger partial charge in [0, 0.05) is 18.8 Å². The highest BCUT2D eigenvalue weighted by Gasteiger charge is 2.20. The summed E-state index contributed by atoms with van der Waals surface area (Å²) in [5.41, 5.74) is 8.17. The molecule has 0 aliphatic carbocycles. The number of hydrogen-bond acceptors (Lipinski definition) is 3. The van der Waals surface area contributed by atoms with Crippen LogP contribution in [0.3, 0.4) is 0 Å². The van der Waals surface area contributed by atoms with Crippen LogP contribution in [0.1, 0.15) is 24.3 Å². The summed E-state index contributed by atoms with van der Waals surface area (Å²) in [7, 11) is 4.28. The Balaban J connectivity index is 1.83. The third-order valence-corrected chi connectivity index (χ3v) is 3.83. The molecule has 0 aromatic heterocycles. The summed E-state index contributed by atoms with van der Waals surface area (Å²) in [5, 5.41) is 0. The molecule has 0 spiro atoms. The third kappa shape index (κ3) is 3.72. The number of piperidine rings is 1. The number of rotatable bonds is 4. The number of hydrogen-bond donors (Lipinski definition) is 1. The number of benzene rings is 1. The molecule has 2 N–H and O–H groups in total. The van der Waals surface area contributed by atoms with Crippen molar-refractivity contribution in [3.63, 3.8) is 0 Å². The van der Waals surface area contributed by atoms with E-state index in [4.69, 9.17) is 5.73 Å². The summed E-state index contributed by atoms with van der Waals surface area (Å²) in [4.78, 5) is 4.83. The van der Waals surface area contributed by atoms with Crippen LogP contribution in [0.15, 0.2) is 24.3 Å². The van der Waals surface area contributed by atoms with E-state index in [2.05, 4.69) is 42.1 Å². The predicted octanol–water partition coefficient (Wildman–Crippen LogP) is 2.01. The van der Waals surface area contributed by atoms with Gasteiger partial charge in [0.15, 0.2) is 0 Å². The Morgan fingerprint density at radius 3 is 2.61 bits per heavy atom. The van der Waals surface area contributed by atoms with E-state index >= 15 is 0 Å². The molecule has 1 aromatic rings. The van der Waals surface area contributed by atoms with Gasteiger partial charge in [-0.25, -0.2) is 0 Å². The van der Waals surface area contributed by atoms with Crippen molar-refractivity contribution in [2.24, 2.45) is 0 Å². The van der Waals surface area contributed by atoms with Crippen LogP contribution in [-0.2, 0) is 0 Å². The largest absolute Gasteiger partial charge is 0.399 e. The molecular formula is C15H25N3. The molecule has 0 bridgehead atoms. The first-order valence-corrected chi connectivity index (χ1v) is 6.87. The lowest BCUT2D eigenvalue weighted by atomic mass is 9.89. The zero-order valence-electron chi connectivity index (χ0n) is 11.6. The molecule has 0 saturated carbocycles. The van der Waals surface area contributed by atoms with Gasteiger partial charge in [-0.2, -0.15) is 0 Å². The Morgan fingerprint density at radius 2 is 2.00 bits per heavy atom. The topological polar surface area (TPSA) is 32.5 Å². The van der Waals surface area contributed by atoms with E-state index in [0.717, 1.165) is 12.2 Å². The van der Waals surface area contributed by atoms with Gasteiger partial charge < -0.3 is 15.5 Å². The number of nitrogens with zero attached hydrogens (tertiary/aromatic N) is 2. The van der Waals surface area contributed by atoms with Crippen molar-refractivity contribution < 1.29 is 0 Å². The molecular weight excluding hydrogens is 222 g/mol. The van der Waals surface area contributed by atoms with Crippen molar-refractivity contribution in [1.29, 1.82) is 0 Å². The molecule has 100 valence electrons. The summed E-state index contributed by atoms with van der Waals surface area (Å²) < 4.78 is 0. The van der Waals surface area contributed by atoms with Crippen LogP contribution < -0.4 is 5.73 Å². The van der Waals surface area contributed by atoms with Gasteiger partial charge in [0.1, 0.15) is 0 Å². The van der Waals surface area contributed by atoms with E-state index in [1.165, 1.54) is 38.0 Å². The second-order valence-corrected chi connectivity index (χ2v) is 5.59. The highest BCUT2D eigenvalue weighted by molar-refractivity contribution is 5.41. The SMILES string of the molecule is CN(C)CCN1CCC(c2cccc(N)c2)CC1. The van der Waals surface area contributed by atoms with Gasteiger partial charge in [0.05, 0.1) is 0 Å². The molecule has 0 unspecified atom stereocenters. The Labute approximate surface area is 111 Å². The quantitative estimate of drug-likeness (QED) is 0.826. The average molecular weight is 247 g/mol. The summed E-state index contributed by atoms with van der Waals surface area (Å²) in [6, 6.07) is 8.40. The van der Waals surface area contributed by atoms with E-state index in [0.29, 0.717) is 5.92 Å². The second kappa shape index (κ2) is 6.21. The Kier molecular flexibility index (Phi) is 4.61. The number of likely N-dealkylation sites (tertiary alicyclic amines) is 1. The van der Waals surface area contributed by atoms with E-state index in [9.17, 15) is 0 Å². The maximum Gasteiger partial charge on any atom is 0.0316 e. The number of likely N-dealkylation sites (N-methyl/N-ethyl adjacent to an activating group) is 1. The van der Waals surface area contributed by atoms with Gasteiger partial charge in [-0.3, -0.25) is 0 Å². The van der Waals surface area contributed by atoms with Crippen molar-refractivity contribution in [3.8, 4) is 0 Å².